The summed E-state index contributed by atoms with van der Waals surface area (Å²) in [5.74, 6) is 1.83. The number of anilines is 3. The standard InChI is InChI=1S/C41H26N4/c1-3-15-29-27(13-1)39-32(23-24-36-40(39)28-14-2-6-18-33(28)44(36)37-21-9-11-25-42-37)41(29)30-16-4-7-19-34(30)45(38-22-10-12-26-43-38)35-20-8-5-17-31(35)41/h1-26H. The van der Waals surface area contributed by atoms with Crippen molar-refractivity contribution in [2.24, 2.45) is 0 Å². The molecule has 4 nitrogen and oxygen atoms in total. The molecule has 0 saturated carbocycles. The maximum atomic E-state index is 4.83. The Labute approximate surface area is 260 Å². The first-order valence-electron chi connectivity index (χ1n) is 15.4. The van der Waals surface area contributed by atoms with Crippen molar-refractivity contribution in [2.75, 3.05) is 4.90 Å². The lowest BCUT2D eigenvalue weighted by Gasteiger charge is -2.44. The van der Waals surface area contributed by atoms with Crippen molar-refractivity contribution in [3.63, 3.8) is 0 Å². The number of aromatic nitrogens is 3. The molecular formula is C41H26N4. The number of fused-ring (bicyclic) bond motifs is 13. The van der Waals surface area contributed by atoms with Crippen molar-refractivity contribution in [1.29, 1.82) is 0 Å². The Morgan fingerprint density at radius 1 is 0.444 bits per heavy atom. The average molecular weight is 575 g/mol. The van der Waals surface area contributed by atoms with Crippen LogP contribution in [0.15, 0.2) is 158 Å². The van der Waals surface area contributed by atoms with Crippen molar-refractivity contribution < 1.29 is 0 Å². The van der Waals surface area contributed by atoms with E-state index in [2.05, 4.69) is 143 Å². The fourth-order valence-corrected chi connectivity index (χ4v) is 8.12. The maximum Gasteiger partial charge on any atom is 0.137 e. The highest BCUT2D eigenvalue weighted by molar-refractivity contribution is 6.18. The minimum absolute atomic E-state index is 0.507. The number of hydrogen-bond donors (Lipinski definition) is 0. The SMILES string of the molecule is c1ccc(N2c3ccccc3C3(c4ccccc4-c4c3ccc3c4c4ccccc4n3-c3ccccn3)c3ccccc32)nc1. The maximum absolute atomic E-state index is 4.83. The van der Waals surface area contributed by atoms with Crippen molar-refractivity contribution in [1.82, 2.24) is 14.5 Å². The zero-order chi connectivity index (χ0) is 29.5. The zero-order valence-electron chi connectivity index (χ0n) is 24.3. The topological polar surface area (TPSA) is 34.0 Å². The van der Waals surface area contributed by atoms with Crippen LogP contribution in [0.3, 0.4) is 0 Å². The molecule has 0 unspecified atom stereocenters. The second kappa shape index (κ2) is 9.01. The molecule has 0 saturated heterocycles. The summed E-state index contributed by atoms with van der Waals surface area (Å²) < 4.78 is 2.31. The number of para-hydroxylation sites is 3. The van der Waals surface area contributed by atoms with Gasteiger partial charge in [-0.3, -0.25) is 9.47 Å². The van der Waals surface area contributed by atoms with E-state index in [1.165, 1.54) is 44.2 Å². The first-order valence-corrected chi connectivity index (χ1v) is 15.4. The third-order valence-electron chi connectivity index (χ3n) is 9.70. The van der Waals surface area contributed by atoms with E-state index >= 15 is 0 Å². The van der Waals surface area contributed by atoms with Gasteiger partial charge in [-0.2, -0.15) is 0 Å². The van der Waals surface area contributed by atoms with Gasteiger partial charge >= 0.3 is 0 Å². The molecule has 4 heteroatoms. The van der Waals surface area contributed by atoms with Gasteiger partial charge in [0, 0.05) is 23.2 Å². The second-order valence-corrected chi connectivity index (χ2v) is 11.8. The summed E-state index contributed by atoms with van der Waals surface area (Å²) in [5, 5.41) is 2.49. The average Bonchev–Trinajstić information content (AvgIpc) is 3.60. The molecule has 4 heterocycles. The molecule has 0 radical (unpaired) electrons. The quantitative estimate of drug-likeness (QED) is 0.206. The highest BCUT2D eigenvalue weighted by Gasteiger charge is 2.52. The highest BCUT2D eigenvalue weighted by Crippen LogP contribution is 2.64. The summed E-state index contributed by atoms with van der Waals surface area (Å²) in [6, 6.07) is 52.5. The van der Waals surface area contributed by atoms with Crippen molar-refractivity contribution in [3.05, 3.63) is 180 Å². The van der Waals surface area contributed by atoms with Gasteiger partial charge in [0.2, 0.25) is 0 Å². The number of nitrogens with zero attached hydrogens (tertiary/aromatic N) is 4. The van der Waals surface area contributed by atoms with E-state index in [1.807, 2.05) is 24.5 Å². The van der Waals surface area contributed by atoms with Crippen LogP contribution in [0.1, 0.15) is 22.3 Å². The van der Waals surface area contributed by atoms with Crippen molar-refractivity contribution in [3.8, 4) is 16.9 Å². The van der Waals surface area contributed by atoms with Crippen LogP contribution in [0, 0.1) is 0 Å². The Balaban J connectivity index is 1.39. The van der Waals surface area contributed by atoms with Crippen molar-refractivity contribution >= 4 is 39.0 Å². The number of hydrogen-bond acceptors (Lipinski definition) is 3. The van der Waals surface area contributed by atoms with Gasteiger partial charge in [0.05, 0.1) is 27.8 Å². The van der Waals surface area contributed by atoms with Gasteiger partial charge in [0.25, 0.3) is 0 Å². The number of pyridine rings is 2. The van der Waals surface area contributed by atoms with E-state index in [0.29, 0.717) is 0 Å². The molecular weight excluding hydrogens is 548 g/mol. The molecule has 210 valence electrons. The van der Waals surface area contributed by atoms with E-state index in [1.54, 1.807) is 0 Å². The van der Waals surface area contributed by atoms with E-state index in [9.17, 15) is 0 Å². The molecule has 45 heavy (non-hydrogen) atoms. The molecule has 0 amide bonds. The van der Waals surface area contributed by atoms with E-state index in [0.717, 1.165) is 34.0 Å². The van der Waals surface area contributed by atoms with Gasteiger partial charge in [-0.1, -0.05) is 97.1 Å². The predicted molar refractivity (Wildman–Crippen MR) is 182 cm³/mol. The molecule has 0 N–H and O–H groups in total. The number of benzene rings is 5. The van der Waals surface area contributed by atoms with Gasteiger partial charge < -0.3 is 0 Å². The van der Waals surface area contributed by atoms with Crippen LogP contribution in [-0.2, 0) is 5.41 Å². The second-order valence-electron chi connectivity index (χ2n) is 11.8. The van der Waals surface area contributed by atoms with Gasteiger partial charge in [0.1, 0.15) is 11.6 Å². The molecule has 0 fully saturated rings. The molecule has 8 aromatic rings. The Morgan fingerprint density at radius 2 is 1.04 bits per heavy atom. The minimum atomic E-state index is -0.507. The molecule has 5 aromatic carbocycles. The van der Waals surface area contributed by atoms with Gasteiger partial charge in [0.15, 0.2) is 0 Å². The fraction of sp³-hybridized carbons (Fsp3) is 0.0244. The fourth-order valence-electron chi connectivity index (χ4n) is 8.12. The molecule has 1 spiro atoms. The molecule has 10 rings (SSSR count). The lowest BCUT2D eigenvalue weighted by molar-refractivity contribution is 0.752. The normalized spacial score (nSPS) is 13.9. The van der Waals surface area contributed by atoms with Crippen LogP contribution in [0.2, 0.25) is 0 Å². The summed E-state index contributed by atoms with van der Waals surface area (Å²) in [6.45, 7) is 0. The Kier molecular flexibility index (Phi) is 4.89. The third-order valence-corrected chi connectivity index (χ3v) is 9.70. The van der Waals surface area contributed by atoms with E-state index < -0.39 is 5.41 Å². The summed E-state index contributed by atoms with van der Waals surface area (Å²) in [6.07, 6.45) is 3.75. The molecule has 0 bridgehead atoms. The summed E-state index contributed by atoms with van der Waals surface area (Å²) in [5.41, 5.74) is 11.8. The van der Waals surface area contributed by atoms with Crippen LogP contribution in [0.25, 0.3) is 38.8 Å². The lowest BCUT2D eigenvalue weighted by Crippen LogP contribution is -2.36. The summed E-state index contributed by atoms with van der Waals surface area (Å²) >= 11 is 0. The summed E-state index contributed by atoms with van der Waals surface area (Å²) in [7, 11) is 0. The van der Waals surface area contributed by atoms with E-state index in [4.69, 9.17) is 9.97 Å². The summed E-state index contributed by atoms with van der Waals surface area (Å²) in [4.78, 5) is 11.9. The molecule has 3 aromatic heterocycles. The Bertz CT molecular complexity index is 2400. The highest BCUT2D eigenvalue weighted by atomic mass is 15.2. The smallest absolute Gasteiger partial charge is 0.137 e. The molecule has 1 aliphatic carbocycles. The minimum Gasteiger partial charge on any atom is -0.294 e. The number of rotatable bonds is 2. The monoisotopic (exact) mass is 574 g/mol. The largest absolute Gasteiger partial charge is 0.294 e. The van der Waals surface area contributed by atoms with Gasteiger partial charge in [-0.25, -0.2) is 9.97 Å². The molecule has 0 atom stereocenters. The first kappa shape index (κ1) is 24.4. The van der Waals surface area contributed by atoms with Crippen LogP contribution < -0.4 is 4.90 Å². The zero-order valence-corrected chi connectivity index (χ0v) is 24.3. The molecule has 2 aliphatic rings. The third kappa shape index (κ3) is 3.05. The predicted octanol–water partition coefficient (Wildman–Crippen LogP) is 9.72. The van der Waals surface area contributed by atoms with Crippen LogP contribution in [-0.4, -0.2) is 14.5 Å². The van der Waals surface area contributed by atoms with Crippen LogP contribution in [0.5, 0.6) is 0 Å². The van der Waals surface area contributed by atoms with Crippen molar-refractivity contribution in [2.45, 2.75) is 5.41 Å². The van der Waals surface area contributed by atoms with Gasteiger partial charge in [-0.05, 0) is 81.9 Å². The van der Waals surface area contributed by atoms with Crippen LogP contribution >= 0.6 is 0 Å². The molecule has 1 aliphatic heterocycles. The Hall–Kier alpha value is -6.00. The van der Waals surface area contributed by atoms with Gasteiger partial charge in [-0.15, -0.1) is 0 Å². The Morgan fingerprint density at radius 3 is 1.76 bits per heavy atom. The lowest BCUT2D eigenvalue weighted by atomic mass is 9.64. The van der Waals surface area contributed by atoms with E-state index in [-0.39, 0.29) is 0 Å². The first-order chi connectivity index (χ1) is 22.4. The van der Waals surface area contributed by atoms with Crippen LogP contribution in [0.4, 0.5) is 17.2 Å².